The number of rotatable bonds is 3. The molecule has 0 aliphatic carbocycles. The average molecular weight is 283 g/mol. The fourth-order valence-electron chi connectivity index (χ4n) is 2.08. The lowest BCUT2D eigenvalue weighted by molar-refractivity contribution is -0.252. The highest BCUT2D eigenvalue weighted by atomic mass is 16.6. The molecule has 5 N–H and O–H groups in total. The van der Waals surface area contributed by atoms with Crippen LogP contribution in [-0.4, -0.2) is 63.6 Å². The van der Waals surface area contributed by atoms with Crippen LogP contribution in [-0.2, 0) is 4.74 Å². The van der Waals surface area contributed by atoms with E-state index in [0.717, 1.165) is 0 Å². The first-order chi connectivity index (χ1) is 9.54. The summed E-state index contributed by atoms with van der Waals surface area (Å²) in [5.74, 6) is -0.507. The number of carbonyl (C=O) groups is 1. The second-order valence-corrected chi connectivity index (χ2v) is 4.59. The Balaban J connectivity index is 2.07. The van der Waals surface area contributed by atoms with Gasteiger partial charge in [0, 0.05) is 5.56 Å². The van der Waals surface area contributed by atoms with Crippen molar-refractivity contribution in [2.24, 2.45) is 0 Å². The van der Waals surface area contributed by atoms with E-state index in [4.69, 9.17) is 9.84 Å². The maximum Gasteiger partial charge on any atom is 0.251 e. The fourth-order valence-corrected chi connectivity index (χ4v) is 2.08. The molecule has 1 fully saturated rings. The maximum absolute atomic E-state index is 11.9. The largest absolute Gasteiger partial charge is 0.394 e. The van der Waals surface area contributed by atoms with E-state index >= 15 is 0 Å². The zero-order valence-electron chi connectivity index (χ0n) is 10.6. The number of hydrogen-bond donors (Lipinski definition) is 5. The van der Waals surface area contributed by atoms with Crippen molar-refractivity contribution < 1.29 is 30.0 Å². The molecular weight excluding hydrogens is 266 g/mol. The van der Waals surface area contributed by atoms with Crippen LogP contribution in [0.5, 0.6) is 0 Å². The maximum atomic E-state index is 11.9. The minimum absolute atomic E-state index is 0.352. The summed E-state index contributed by atoms with van der Waals surface area (Å²) in [6.07, 6.45) is -5.45. The Morgan fingerprint density at radius 1 is 1.15 bits per heavy atom. The van der Waals surface area contributed by atoms with Gasteiger partial charge in [-0.1, -0.05) is 18.2 Å². The molecule has 7 nitrogen and oxygen atoms in total. The van der Waals surface area contributed by atoms with Gasteiger partial charge in [-0.25, -0.2) is 0 Å². The summed E-state index contributed by atoms with van der Waals surface area (Å²) in [6, 6.07) is 7.07. The minimum atomic E-state index is -1.52. The predicted octanol–water partition coefficient (Wildman–Crippen LogP) is -1.78. The van der Waals surface area contributed by atoms with Crippen molar-refractivity contribution in [2.45, 2.75) is 30.6 Å². The standard InChI is InChI=1S/C13H17NO6/c15-6-8-10(16)11(17)9(13(19)20-8)14-12(18)7-4-2-1-3-5-7/h1-5,8-11,13,15-17,19H,6H2,(H,14,18)/t8-,9-,10-,11-,13?/m0/s1. The Labute approximate surface area is 115 Å². The first kappa shape index (κ1) is 14.9. The van der Waals surface area contributed by atoms with Crippen LogP contribution in [0.25, 0.3) is 0 Å². The van der Waals surface area contributed by atoms with E-state index in [2.05, 4.69) is 5.32 Å². The Morgan fingerprint density at radius 2 is 1.80 bits per heavy atom. The Bertz CT molecular complexity index is 453. The fraction of sp³-hybridized carbons (Fsp3) is 0.462. The summed E-state index contributed by atoms with van der Waals surface area (Å²) in [5.41, 5.74) is 0.352. The van der Waals surface area contributed by atoms with E-state index in [-0.39, 0.29) is 0 Å². The Morgan fingerprint density at radius 3 is 2.40 bits per heavy atom. The molecule has 1 heterocycles. The average Bonchev–Trinajstić information content (AvgIpc) is 2.48. The predicted molar refractivity (Wildman–Crippen MR) is 67.7 cm³/mol. The van der Waals surface area contributed by atoms with Crippen molar-refractivity contribution in [1.29, 1.82) is 0 Å². The second kappa shape index (κ2) is 6.29. The Hall–Kier alpha value is -1.51. The second-order valence-electron chi connectivity index (χ2n) is 4.59. The van der Waals surface area contributed by atoms with E-state index in [9.17, 15) is 20.1 Å². The number of nitrogens with one attached hydrogen (secondary N) is 1. The van der Waals surface area contributed by atoms with Gasteiger partial charge in [-0.2, -0.15) is 0 Å². The van der Waals surface area contributed by atoms with Crippen molar-refractivity contribution in [1.82, 2.24) is 5.32 Å². The van der Waals surface area contributed by atoms with Gasteiger partial charge in [-0.05, 0) is 12.1 Å². The van der Waals surface area contributed by atoms with Gasteiger partial charge in [0.2, 0.25) is 0 Å². The van der Waals surface area contributed by atoms with Gasteiger partial charge in [0.25, 0.3) is 5.91 Å². The summed E-state index contributed by atoms with van der Waals surface area (Å²) in [6.45, 7) is -0.547. The van der Waals surface area contributed by atoms with Crippen LogP contribution in [0.1, 0.15) is 10.4 Å². The molecule has 0 saturated carbocycles. The molecule has 110 valence electrons. The lowest BCUT2D eigenvalue weighted by Crippen LogP contribution is -2.64. The minimum Gasteiger partial charge on any atom is -0.394 e. The lowest BCUT2D eigenvalue weighted by atomic mass is 9.97. The van der Waals surface area contributed by atoms with Crippen molar-refractivity contribution in [3.8, 4) is 0 Å². The highest BCUT2D eigenvalue weighted by Crippen LogP contribution is 2.20. The summed E-state index contributed by atoms with van der Waals surface area (Å²) in [7, 11) is 0. The van der Waals surface area contributed by atoms with Crippen LogP contribution >= 0.6 is 0 Å². The molecule has 0 aromatic heterocycles. The summed E-state index contributed by atoms with van der Waals surface area (Å²) >= 11 is 0. The molecule has 1 amide bonds. The smallest absolute Gasteiger partial charge is 0.251 e. The molecule has 7 heteroatoms. The van der Waals surface area contributed by atoms with E-state index in [1.54, 1.807) is 30.3 Å². The van der Waals surface area contributed by atoms with Gasteiger partial charge in [0.1, 0.15) is 24.4 Å². The molecule has 1 aromatic carbocycles. The molecule has 0 bridgehead atoms. The molecule has 5 atom stereocenters. The zero-order valence-corrected chi connectivity index (χ0v) is 10.6. The van der Waals surface area contributed by atoms with Crippen molar-refractivity contribution >= 4 is 5.91 Å². The molecular formula is C13H17NO6. The summed E-state index contributed by atoms with van der Waals surface area (Å²) in [4.78, 5) is 11.9. The first-order valence-corrected chi connectivity index (χ1v) is 6.21. The zero-order chi connectivity index (χ0) is 14.7. The van der Waals surface area contributed by atoms with Gasteiger partial charge in [0.15, 0.2) is 6.29 Å². The van der Waals surface area contributed by atoms with Crippen molar-refractivity contribution in [3.63, 3.8) is 0 Å². The monoisotopic (exact) mass is 283 g/mol. The van der Waals surface area contributed by atoms with Crippen LogP contribution in [0, 0.1) is 0 Å². The van der Waals surface area contributed by atoms with Crippen molar-refractivity contribution in [2.75, 3.05) is 6.61 Å². The van der Waals surface area contributed by atoms with E-state index in [1.807, 2.05) is 0 Å². The molecule has 1 unspecified atom stereocenters. The van der Waals surface area contributed by atoms with Crippen LogP contribution in [0.15, 0.2) is 30.3 Å². The summed E-state index contributed by atoms with van der Waals surface area (Å²) in [5, 5.41) is 40.7. The molecule has 0 radical (unpaired) electrons. The molecule has 20 heavy (non-hydrogen) atoms. The lowest BCUT2D eigenvalue weighted by Gasteiger charge is -2.40. The number of hydrogen-bond acceptors (Lipinski definition) is 6. The van der Waals surface area contributed by atoms with Gasteiger partial charge in [-0.3, -0.25) is 4.79 Å². The van der Waals surface area contributed by atoms with Crippen LogP contribution < -0.4 is 5.32 Å². The summed E-state index contributed by atoms with van der Waals surface area (Å²) < 4.78 is 4.95. The normalized spacial score (nSPS) is 33.7. The third kappa shape index (κ3) is 2.97. The third-order valence-corrected chi connectivity index (χ3v) is 3.23. The molecule has 2 rings (SSSR count). The number of ether oxygens (including phenoxy) is 1. The van der Waals surface area contributed by atoms with Gasteiger partial charge in [0.05, 0.1) is 6.61 Å². The van der Waals surface area contributed by atoms with Gasteiger partial charge < -0.3 is 30.5 Å². The molecule has 0 spiro atoms. The molecule has 1 aromatic rings. The number of benzene rings is 1. The highest BCUT2D eigenvalue weighted by Gasteiger charge is 2.44. The van der Waals surface area contributed by atoms with Crippen LogP contribution in [0.3, 0.4) is 0 Å². The number of amides is 1. The number of carbonyl (C=O) groups excluding carboxylic acids is 1. The molecule has 1 saturated heterocycles. The Kier molecular flexibility index (Phi) is 4.69. The van der Waals surface area contributed by atoms with E-state index in [0.29, 0.717) is 5.56 Å². The van der Waals surface area contributed by atoms with Crippen molar-refractivity contribution in [3.05, 3.63) is 35.9 Å². The van der Waals surface area contributed by atoms with Crippen LogP contribution in [0.4, 0.5) is 0 Å². The highest BCUT2D eigenvalue weighted by molar-refractivity contribution is 5.94. The molecule has 1 aliphatic rings. The quantitative estimate of drug-likeness (QED) is 0.447. The first-order valence-electron chi connectivity index (χ1n) is 6.21. The van der Waals surface area contributed by atoms with Gasteiger partial charge in [-0.15, -0.1) is 0 Å². The van der Waals surface area contributed by atoms with E-state index < -0.39 is 43.2 Å². The number of aliphatic hydroxyl groups is 4. The van der Waals surface area contributed by atoms with Crippen LogP contribution in [0.2, 0.25) is 0 Å². The number of aliphatic hydroxyl groups excluding tert-OH is 4. The third-order valence-electron chi connectivity index (χ3n) is 3.23. The topological polar surface area (TPSA) is 119 Å². The SMILES string of the molecule is O=C(N[C@@H]1C(O)O[C@@H](CO)[C@H](O)[C@H]1O)c1ccccc1. The van der Waals surface area contributed by atoms with Gasteiger partial charge >= 0.3 is 0 Å². The van der Waals surface area contributed by atoms with E-state index in [1.165, 1.54) is 0 Å². The molecule has 1 aliphatic heterocycles.